The Hall–Kier alpha value is -2.45. The highest BCUT2D eigenvalue weighted by Crippen LogP contribution is 2.12. The first-order valence-electron chi connectivity index (χ1n) is 7.83. The van der Waals surface area contributed by atoms with Gasteiger partial charge in [0, 0.05) is 25.2 Å². The Morgan fingerprint density at radius 3 is 2.72 bits per heavy atom. The summed E-state index contributed by atoms with van der Waals surface area (Å²) in [6, 6.07) is 6.34. The van der Waals surface area contributed by atoms with Crippen molar-refractivity contribution in [2.75, 3.05) is 13.2 Å². The molecule has 3 rings (SSSR count). The Morgan fingerprint density at radius 2 is 2.08 bits per heavy atom. The van der Waals surface area contributed by atoms with Crippen molar-refractivity contribution in [1.29, 1.82) is 0 Å². The van der Waals surface area contributed by atoms with E-state index in [2.05, 4.69) is 10.4 Å². The van der Waals surface area contributed by atoms with Crippen LogP contribution >= 0.6 is 11.6 Å². The lowest BCUT2D eigenvalue weighted by atomic mass is 10.2. The van der Waals surface area contributed by atoms with E-state index in [0.29, 0.717) is 23.9 Å². The number of carbonyl (C=O) groups excluding carboxylic acids is 1. The normalized spacial score (nSPS) is 16.8. The molecule has 2 aromatic rings. The highest BCUT2D eigenvalue weighted by molar-refractivity contribution is 6.30. The first-order valence-corrected chi connectivity index (χ1v) is 8.21. The van der Waals surface area contributed by atoms with Crippen LogP contribution < -0.4 is 16.6 Å². The van der Waals surface area contributed by atoms with Gasteiger partial charge in [-0.15, -0.1) is 0 Å². The number of ether oxygens (including phenoxy) is 1. The number of benzene rings is 1. The molecule has 1 aliphatic rings. The first-order chi connectivity index (χ1) is 12.0. The van der Waals surface area contributed by atoms with Crippen molar-refractivity contribution in [1.82, 2.24) is 19.7 Å². The zero-order valence-corrected chi connectivity index (χ0v) is 14.3. The van der Waals surface area contributed by atoms with Gasteiger partial charge in [-0.2, -0.15) is 9.78 Å². The Kier molecular flexibility index (Phi) is 5.00. The maximum absolute atomic E-state index is 12.3. The summed E-state index contributed by atoms with van der Waals surface area (Å²) in [5, 5.41) is 7.09. The van der Waals surface area contributed by atoms with Crippen LogP contribution in [0.1, 0.15) is 23.3 Å². The molecule has 1 saturated heterocycles. The Bertz CT molecular complexity index is 898. The van der Waals surface area contributed by atoms with E-state index in [-0.39, 0.29) is 11.8 Å². The maximum atomic E-state index is 12.3. The average Bonchev–Trinajstić information content (AvgIpc) is 3.12. The van der Waals surface area contributed by atoms with Crippen molar-refractivity contribution in [3.05, 3.63) is 55.8 Å². The smallest absolute Gasteiger partial charge is 0.351 e. The molecule has 1 N–H and O–H groups in total. The number of aromatic nitrogens is 3. The number of amides is 1. The van der Waals surface area contributed by atoms with Gasteiger partial charge in [-0.25, -0.2) is 4.79 Å². The summed E-state index contributed by atoms with van der Waals surface area (Å²) < 4.78 is 7.28. The minimum Gasteiger partial charge on any atom is -0.376 e. The van der Waals surface area contributed by atoms with E-state index in [1.165, 1.54) is 7.05 Å². The van der Waals surface area contributed by atoms with E-state index in [4.69, 9.17) is 16.3 Å². The third-order valence-electron chi connectivity index (χ3n) is 3.98. The third-order valence-corrected chi connectivity index (χ3v) is 4.23. The molecule has 132 valence electrons. The number of halogens is 1. The van der Waals surface area contributed by atoms with Crippen molar-refractivity contribution in [3.8, 4) is 5.69 Å². The number of carbonyl (C=O) groups is 1. The van der Waals surface area contributed by atoms with Crippen LogP contribution in [0.3, 0.4) is 0 Å². The fraction of sp³-hybridized carbons (Fsp3) is 0.375. The van der Waals surface area contributed by atoms with Gasteiger partial charge >= 0.3 is 5.69 Å². The van der Waals surface area contributed by atoms with Crippen molar-refractivity contribution < 1.29 is 9.53 Å². The fourth-order valence-corrected chi connectivity index (χ4v) is 2.69. The fourth-order valence-electron chi connectivity index (χ4n) is 2.56. The molecular formula is C16H17ClN4O4. The zero-order valence-electron chi connectivity index (χ0n) is 13.6. The summed E-state index contributed by atoms with van der Waals surface area (Å²) in [4.78, 5) is 36.9. The lowest BCUT2D eigenvalue weighted by molar-refractivity contribution is 0.0850. The van der Waals surface area contributed by atoms with Gasteiger partial charge in [-0.05, 0) is 37.1 Å². The standard InChI is InChI=1S/C16H17ClN4O4/c1-20-15(23)13(14(22)18-9-12-3-2-8-25-12)19-21(16(20)24)11-6-4-10(17)5-7-11/h4-7,12H,2-3,8-9H2,1H3,(H,18,22)/t12-/m0/s1. The molecule has 9 heteroatoms. The van der Waals surface area contributed by atoms with Gasteiger partial charge in [0.05, 0.1) is 11.8 Å². The van der Waals surface area contributed by atoms with E-state index in [9.17, 15) is 14.4 Å². The summed E-state index contributed by atoms with van der Waals surface area (Å²) >= 11 is 5.84. The average molecular weight is 365 g/mol. The molecular weight excluding hydrogens is 348 g/mol. The molecule has 2 heterocycles. The predicted molar refractivity (Wildman–Crippen MR) is 91.4 cm³/mol. The minimum absolute atomic E-state index is 0.0602. The molecule has 0 radical (unpaired) electrons. The van der Waals surface area contributed by atoms with Gasteiger partial charge in [0.25, 0.3) is 11.5 Å². The molecule has 1 amide bonds. The molecule has 0 saturated carbocycles. The van der Waals surface area contributed by atoms with Crippen LogP contribution in [0.25, 0.3) is 5.69 Å². The molecule has 0 spiro atoms. The molecule has 25 heavy (non-hydrogen) atoms. The van der Waals surface area contributed by atoms with Gasteiger partial charge in [0.1, 0.15) is 0 Å². The second-order valence-electron chi connectivity index (χ2n) is 5.73. The lowest BCUT2D eigenvalue weighted by Crippen LogP contribution is -2.45. The molecule has 0 aliphatic carbocycles. The molecule has 1 fully saturated rings. The van der Waals surface area contributed by atoms with Gasteiger partial charge in [-0.3, -0.25) is 14.2 Å². The van der Waals surface area contributed by atoms with Crippen LogP contribution in [-0.2, 0) is 11.8 Å². The van der Waals surface area contributed by atoms with Crippen molar-refractivity contribution >= 4 is 17.5 Å². The van der Waals surface area contributed by atoms with E-state index in [0.717, 1.165) is 22.1 Å². The minimum atomic E-state index is -0.750. The lowest BCUT2D eigenvalue weighted by Gasteiger charge is -2.12. The SMILES string of the molecule is Cn1c(=O)c(C(=O)NC[C@@H]2CCCO2)nn(-c2ccc(Cl)cc2)c1=O. The molecule has 1 atom stereocenters. The maximum Gasteiger partial charge on any atom is 0.351 e. The van der Waals surface area contributed by atoms with E-state index >= 15 is 0 Å². The van der Waals surface area contributed by atoms with E-state index in [1.54, 1.807) is 24.3 Å². The topological polar surface area (TPSA) is 95.2 Å². The van der Waals surface area contributed by atoms with Crippen LogP contribution in [0, 0.1) is 0 Å². The van der Waals surface area contributed by atoms with Gasteiger partial charge in [0.15, 0.2) is 0 Å². The Balaban J connectivity index is 1.93. The molecule has 0 unspecified atom stereocenters. The molecule has 1 aromatic heterocycles. The third kappa shape index (κ3) is 3.64. The van der Waals surface area contributed by atoms with Gasteiger partial charge in [0.2, 0.25) is 5.69 Å². The molecule has 8 nitrogen and oxygen atoms in total. The number of hydrogen-bond acceptors (Lipinski definition) is 5. The highest BCUT2D eigenvalue weighted by Gasteiger charge is 2.21. The second-order valence-corrected chi connectivity index (χ2v) is 6.17. The molecule has 0 bridgehead atoms. The monoisotopic (exact) mass is 364 g/mol. The zero-order chi connectivity index (χ0) is 18.0. The molecule has 1 aliphatic heterocycles. The van der Waals surface area contributed by atoms with Crippen LogP contribution in [-0.4, -0.2) is 39.5 Å². The number of nitrogens with one attached hydrogen (secondary N) is 1. The van der Waals surface area contributed by atoms with E-state index < -0.39 is 17.2 Å². The summed E-state index contributed by atoms with van der Waals surface area (Å²) in [5.74, 6) is -0.640. The summed E-state index contributed by atoms with van der Waals surface area (Å²) in [5.41, 5.74) is -1.35. The second kappa shape index (κ2) is 7.20. The van der Waals surface area contributed by atoms with Crippen molar-refractivity contribution in [3.63, 3.8) is 0 Å². The number of rotatable bonds is 4. The van der Waals surface area contributed by atoms with Gasteiger partial charge < -0.3 is 10.1 Å². The predicted octanol–water partition coefficient (Wildman–Crippen LogP) is 0.493. The molecule has 1 aromatic carbocycles. The van der Waals surface area contributed by atoms with Crippen LogP contribution in [0.4, 0.5) is 0 Å². The summed E-state index contributed by atoms with van der Waals surface area (Å²) in [7, 11) is 1.30. The summed E-state index contributed by atoms with van der Waals surface area (Å²) in [6.45, 7) is 0.964. The van der Waals surface area contributed by atoms with Crippen LogP contribution in [0.2, 0.25) is 5.02 Å². The first kappa shape index (κ1) is 17.4. The Labute approximate surface area is 148 Å². The van der Waals surface area contributed by atoms with Gasteiger partial charge in [-0.1, -0.05) is 11.6 Å². The van der Waals surface area contributed by atoms with Crippen molar-refractivity contribution in [2.45, 2.75) is 18.9 Å². The largest absolute Gasteiger partial charge is 0.376 e. The van der Waals surface area contributed by atoms with Crippen molar-refractivity contribution in [2.24, 2.45) is 7.05 Å². The number of nitrogens with zero attached hydrogens (tertiary/aromatic N) is 3. The quantitative estimate of drug-likeness (QED) is 0.852. The highest BCUT2D eigenvalue weighted by atomic mass is 35.5. The van der Waals surface area contributed by atoms with E-state index in [1.807, 2.05) is 0 Å². The number of hydrogen-bond donors (Lipinski definition) is 1. The summed E-state index contributed by atoms with van der Waals surface area (Å²) in [6.07, 6.45) is 1.74. The van der Waals surface area contributed by atoms with Crippen LogP contribution in [0.15, 0.2) is 33.9 Å². The van der Waals surface area contributed by atoms with Crippen LogP contribution in [0.5, 0.6) is 0 Å². The Morgan fingerprint density at radius 1 is 1.36 bits per heavy atom.